The minimum absolute atomic E-state index is 0.0316. The van der Waals surface area contributed by atoms with Crippen molar-refractivity contribution in [1.29, 1.82) is 0 Å². The summed E-state index contributed by atoms with van der Waals surface area (Å²) in [6, 6.07) is 0. The standard InChI is InChI=1S/C8H7BrClF2NO/c9-1-4-2-13-5(3-14)6(7(4)10)8(11)12/h2,8,14H,1,3H2. The van der Waals surface area contributed by atoms with Crippen LogP contribution >= 0.6 is 27.5 Å². The van der Waals surface area contributed by atoms with Crippen molar-refractivity contribution < 1.29 is 13.9 Å². The van der Waals surface area contributed by atoms with E-state index in [4.69, 9.17) is 16.7 Å². The summed E-state index contributed by atoms with van der Waals surface area (Å²) in [5.41, 5.74) is 0.0278. The van der Waals surface area contributed by atoms with E-state index >= 15 is 0 Å². The minimum Gasteiger partial charge on any atom is -0.390 e. The topological polar surface area (TPSA) is 33.1 Å². The molecule has 0 fully saturated rings. The lowest BCUT2D eigenvalue weighted by Gasteiger charge is -2.10. The van der Waals surface area contributed by atoms with Crippen LogP contribution in [0, 0.1) is 0 Å². The van der Waals surface area contributed by atoms with E-state index in [1.807, 2.05) is 0 Å². The summed E-state index contributed by atoms with van der Waals surface area (Å²) in [7, 11) is 0. The highest BCUT2D eigenvalue weighted by atomic mass is 79.9. The number of aliphatic hydroxyl groups excluding tert-OH is 1. The summed E-state index contributed by atoms with van der Waals surface area (Å²) >= 11 is 8.83. The molecular formula is C8H7BrClF2NO. The molecule has 0 atom stereocenters. The van der Waals surface area contributed by atoms with Gasteiger partial charge in [-0.1, -0.05) is 27.5 Å². The number of aliphatic hydroxyl groups is 1. The molecule has 0 aliphatic heterocycles. The Morgan fingerprint density at radius 2 is 2.21 bits per heavy atom. The van der Waals surface area contributed by atoms with Crippen LogP contribution in [-0.2, 0) is 11.9 Å². The van der Waals surface area contributed by atoms with Gasteiger partial charge in [-0.3, -0.25) is 4.98 Å². The van der Waals surface area contributed by atoms with Gasteiger partial charge in [-0.15, -0.1) is 0 Å². The van der Waals surface area contributed by atoms with Crippen molar-refractivity contribution in [1.82, 2.24) is 4.98 Å². The van der Waals surface area contributed by atoms with Crippen molar-refractivity contribution >= 4 is 27.5 Å². The Kier molecular flexibility index (Phi) is 4.22. The first-order valence-corrected chi connectivity index (χ1v) is 5.22. The monoisotopic (exact) mass is 285 g/mol. The SMILES string of the molecule is OCc1ncc(CBr)c(Cl)c1C(F)F. The average Bonchev–Trinajstić information content (AvgIpc) is 2.16. The quantitative estimate of drug-likeness (QED) is 0.866. The van der Waals surface area contributed by atoms with Crippen LogP contribution in [0.5, 0.6) is 0 Å². The third-order valence-electron chi connectivity index (χ3n) is 1.72. The summed E-state index contributed by atoms with van der Waals surface area (Å²) in [5.74, 6) is 0. The molecule has 1 rings (SSSR count). The zero-order valence-corrected chi connectivity index (χ0v) is 9.32. The van der Waals surface area contributed by atoms with E-state index in [2.05, 4.69) is 20.9 Å². The van der Waals surface area contributed by atoms with Crippen molar-refractivity contribution in [2.45, 2.75) is 18.4 Å². The molecule has 1 aromatic rings. The first kappa shape index (κ1) is 11.8. The summed E-state index contributed by atoms with van der Waals surface area (Å²) in [5, 5.41) is 9.11. The fraction of sp³-hybridized carbons (Fsp3) is 0.375. The van der Waals surface area contributed by atoms with Crippen molar-refractivity contribution in [3.8, 4) is 0 Å². The molecule has 1 N–H and O–H groups in total. The third kappa shape index (κ3) is 2.21. The lowest BCUT2D eigenvalue weighted by molar-refractivity contribution is 0.146. The van der Waals surface area contributed by atoms with Gasteiger partial charge in [-0.2, -0.15) is 0 Å². The smallest absolute Gasteiger partial charge is 0.267 e. The van der Waals surface area contributed by atoms with Gasteiger partial charge in [-0.05, 0) is 0 Å². The second kappa shape index (κ2) is 5.00. The molecule has 0 aliphatic rings. The number of rotatable bonds is 3. The van der Waals surface area contributed by atoms with Crippen molar-refractivity contribution in [3.63, 3.8) is 0 Å². The van der Waals surface area contributed by atoms with Crippen molar-refractivity contribution in [2.75, 3.05) is 0 Å². The molecule has 0 aromatic carbocycles. The zero-order valence-electron chi connectivity index (χ0n) is 6.98. The summed E-state index contributed by atoms with van der Waals surface area (Å²) in [4.78, 5) is 3.71. The lowest BCUT2D eigenvalue weighted by Crippen LogP contribution is -2.01. The molecule has 0 amide bonds. The fourth-order valence-corrected chi connectivity index (χ4v) is 1.92. The van der Waals surface area contributed by atoms with Crippen molar-refractivity contribution in [3.05, 3.63) is 28.0 Å². The van der Waals surface area contributed by atoms with Gasteiger partial charge >= 0.3 is 0 Å². The molecule has 14 heavy (non-hydrogen) atoms. The molecule has 0 bridgehead atoms. The second-order valence-electron chi connectivity index (χ2n) is 2.55. The zero-order chi connectivity index (χ0) is 10.7. The van der Waals surface area contributed by atoms with Crippen LogP contribution in [0.4, 0.5) is 8.78 Å². The first-order valence-electron chi connectivity index (χ1n) is 3.73. The van der Waals surface area contributed by atoms with E-state index in [1.54, 1.807) is 0 Å². The Bertz CT molecular complexity index is 335. The maximum Gasteiger partial charge on any atom is 0.267 e. The lowest BCUT2D eigenvalue weighted by atomic mass is 10.1. The Morgan fingerprint density at radius 3 is 2.64 bits per heavy atom. The minimum atomic E-state index is -2.73. The van der Waals surface area contributed by atoms with Gasteiger partial charge in [0.15, 0.2) is 0 Å². The molecule has 6 heteroatoms. The molecule has 0 saturated carbocycles. The predicted molar refractivity (Wildman–Crippen MR) is 52.8 cm³/mol. The largest absolute Gasteiger partial charge is 0.390 e. The molecule has 78 valence electrons. The van der Waals surface area contributed by atoms with Crippen LogP contribution < -0.4 is 0 Å². The summed E-state index contributed by atoms with van der Waals surface area (Å²) in [6.45, 7) is -0.540. The highest BCUT2D eigenvalue weighted by Gasteiger charge is 2.20. The van der Waals surface area contributed by atoms with Gasteiger partial charge in [0.25, 0.3) is 6.43 Å². The number of pyridine rings is 1. The summed E-state index contributed by atoms with van der Waals surface area (Å²) < 4.78 is 25.1. The van der Waals surface area contributed by atoms with Crippen molar-refractivity contribution in [2.24, 2.45) is 0 Å². The van der Waals surface area contributed by atoms with Gasteiger partial charge in [-0.25, -0.2) is 8.78 Å². The average molecular weight is 287 g/mol. The van der Waals surface area contributed by atoms with Crippen LogP contribution in [0.2, 0.25) is 5.02 Å². The van der Waals surface area contributed by atoms with Gasteiger partial charge < -0.3 is 5.11 Å². The molecule has 1 aromatic heterocycles. The molecule has 0 saturated heterocycles. The number of alkyl halides is 3. The van der Waals surface area contributed by atoms with E-state index in [0.717, 1.165) is 0 Å². The highest BCUT2D eigenvalue weighted by molar-refractivity contribution is 9.08. The molecule has 2 nitrogen and oxygen atoms in total. The van der Waals surface area contributed by atoms with E-state index < -0.39 is 13.0 Å². The van der Waals surface area contributed by atoms with Crippen LogP contribution in [-0.4, -0.2) is 10.1 Å². The Balaban J connectivity index is 3.31. The number of hydrogen-bond donors (Lipinski definition) is 1. The highest BCUT2D eigenvalue weighted by Crippen LogP contribution is 2.32. The number of halogens is 4. The molecule has 0 radical (unpaired) electrons. The molecular weight excluding hydrogens is 279 g/mol. The van der Waals surface area contributed by atoms with E-state index in [-0.39, 0.29) is 16.3 Å². The van der Waals surface area contributed by atoms with Crippen LogP contribution in [0.1, 0.15) is 23.2 Å². The normalized spacial score (nSPS) is 11.0. The van der Waals surface area contributed by atoms with E-state index in [9.17, 15) is 8.78 Å². The number of nitrogens with zero attached hydrogens (tertiary/aromatic N) is 1. The van der Waals surface area contributed by atoms with Gasteiger partial charge in [0.1, 0.15) is 0 Å². The third-order valence-corrected chi connectivity index (χ3v) is 2.77. The van der Waals surface area contributed by atoms with E-state index in [0.29, 0.717) is 10.9 Å². The molecule has 0 spiro atoms. The number of aromatic nitrogens is 1. The first-order chi connectivity index (χ1) is 6.61. The van der Waals surface area contributed by atoms with E-state index in [1.165, 1.54) is 6.20 Å². The summed E-state index contributed by atoms with van der Waals surface area (Å²) in [6.07, 6.45) is -1.36. The van der Waals surface area contributed by atoms with Gasteiger partial charge in [0, 0.05) is 17.1 Å². The van der Waals surface area contributed by atoms with Crippen LogP contribution in [0.25, 0.3) is 0 Å². The van der Waals surface area contributed by atoms with Gasteiger partial charge in [0.05, 0.1) is 22.9 Å². The predicted octanol–water partition coefficient (Wildman–Crippen LogP) is 3.06. The van der Waals surface area contributed by atoms with Crippen LogP contribution in [0.3, 0.4) is 0 Å². The van der Waals surface area contributed by atoms with Gasteiger partial charge in [0.2, 0.25) is 0 Å². The Morgan fingerprint density at radius 1 is 1.57 bits per heavy atom. The molecule has 0 aliphatic carbocycles. The molecule has 0 unspecified atom stereocenters. The van der Waals surface area contributed by atoms with Crippen LogP contribution in [0.15, 0.2) is 6.20 Å². The Hall–Kier alpha value is -0.260. The maximum absolute atomic E-state index is 12.5. The molecule has 1 heterocycles. The number of hydrogen-bond acceptors (Lipinski definition) is 2. The second-order valence-corrected chi connectivity index (χ2v) is 3.49. The fourth-order valence-electron chi connectivity index (χ4n) is 1.02. The Labute approximate surface area is 93.0 Å². The maximum atomic E-state index is 12.5.